The highest BCUT2D eigenvalue weighted by atomic mass is 16.8. The monoisotopic (exact) mass is 1480 g/mol. The molecule has 0 saturated carbocycles. The lowest BCUT2D eigenvalue weighted by atomic mass is 9.96. The van der Waals surface area contributed by atoms with E-state index < -0.39 is 124 Å². The fourth-order valence-corrected chi connectivity index (χ4v) is 12.9. The number of unbranched alkanes of at least 4 members (excludes halogenated alkanes) is 27. The van der Waals surface area contributed by atoms with Gasteiger partial charge in [-0.3, -0.25) is 4.79 Å². The van der Waals surface area contributed by atoms with E-state index in [1.54, 1.807) is 6.08 Å². The summed E-state index contributed by atoms with van der Waals surface area (Å²) in [4.78, 5) is 13.5. The zero-order valence-electron chi connectivity index (χ0n) is 64.4. The van der Waals surface area contributed by atoms with E-state index >= 15 is 0 Å². The SMILES string of the molecule is CC/C=C\C/C=C\C/C=C\C/C=C\C/C=C\C/C=C\C/C=C\C/C=C\C/C=C\CCCCCCCCCC(=O)NC(COC1OC(CO)C(OC2OC(CO)C(OC3OC(CO)C(O)C(O)C3O)C(O)C2O)C(O)C1O)C(O)/C=C/CC/C=C/CCCCCCCCCCCCCCCCCCCCC. The van der Waals surface area contributed by atoms with E-state index in [2.05, 4.69) is 141 Å². The van der Waals surface area contributed by atoms with Crippen LogP contribution in [0, 0.1) is 0 Å². The van der Waals surface area contributed by atoms with Crippen molar-refractivity contribution in [3.05, 3.63) is 134 Å². The van der Waals surface area contributed by atoms with Crippen molar-refractivity contribution < 1.29 is 89.4 Å². The van der Waals surface area contributed by atoms with Gasteiger partial charge in [-0.05, 0) is 103 Å². The van der Waals surface area contributed by atoms with Gasteiger partial charge in [0.2, 0.25) is 5.91 Å². The van der Waals surface area contributed by atoms with E-state index in [-0.39, 0.29) is 18.9 Å². The Morgan fingerprint density at radius 1 is 0.352 bits per heavy atom. The first-order valence-electron chi connectivity index (χ1n) is 40.9. The first-order valence-corrected chi connectivity index (χ1v) is 40.9. The second-order valence-corrected chi connectivity index (χ2v) is 28.5. The Morgan fingerprint density at radius 2 is 0.667 bits per heavy atom. The quantitative estimate of drug-likeness (QED) is 0.0199. The van der Waals surface area contributed by atoms with Crippen molar-refractivity contribution in [1.82, 2.24) is 5.32 Å². The highest BCUT2D eigenvalue weighted by molar-refractivity contribution is 5.76. The third-order valence-electron chi connectivity index (χ3n) is 19.4. The van der Waals surface area contributed by atoms with Crippen molar-refractivity contribution in [3.63, 3.8) is 0 Å². The van der Waals surface area contributed by atoms with Crippen LogP contribution < -0.4 is 5.32 Å². The van der Waals surface area contributed by atoms with Crippen LogP contribution in [0.2, 0.25) is 0 Å². The van der Waals surface area contributed by atoms with Crippen molar-refractivity contribution in [1.29, 1.82) is 0 Å². The molecule has 3 aliphatic rings. The van der Waals surface area contributed by atoms with E-state index in [1.807, 2.05) is 6.08 Å². The van der Waals surface area contributed by atoms with Crippen LogP contribution in [-0.2, 0) is 33.2 Å². The summed E-state index contributed by atoms with van der Waals surface area (Å²) < 4.78 is 34.4. The average Bonchev–Trinajstić information content (AvgIpc) is 0.781. The number of carbonyl (C=O) groups is 1. The lowest BCUT2D eigenvalue weighted by Gasteiger charge is -2.48. The normalized spacial score (nSPS) is 26.5. The van der Waals surface area contributed by atoms with Gasteiger partial charge < -0.3 is 89.9 Å². The van der Waals surface area contributed by atoms with Gasteiger partial charge in [-0.15, -0.1) is 0 Å². The number of allylic oxidation sites excluding steroid dienone is 21. The number of amides is 1. The van der Waals surface area contributed by atoms with Crippen LogP contribution in [0.4, 0.5) is 0 Å². The van der Waals surface area contributed by atoms with Gasteiger partial charge in [-0.1, -0.05) is 295 Å². The maximum atomic E-state index is 13.5. The zero-order chi connectivity index (χ0) is 76.0. The second kappa shape index (κ2) is 64.7. The maximum absolute atomic E-state index is 13.5. The summed E-state index contributed by atoms with van der Waals surface area (Å²) in [5, 5.41) is 121. The summed E-state index contributed by atoms with van der Waals surface area (Å²) in [6.45, 7) is 1.60. The van der Waals surface area contributed by atoms with Crippen molar-refractivity contribution in [3.8, 4) is 0 Å². The molecular formula is C86H145NO18. The number of ether oxygens (including phenoxy) is 6. The Kier molecular flexibility index (Phi) is 58.6. The van der Waals surface area contributed by atoms with Crippen LogP contribution in [0.25, 0.3) is 0 Å². The van der Waals surface area contributed by atoms with E-state index in [1.165, 1.54) is 116 Å². The highest BCUT2D eigenvalue weighted by Crippen LogP contribution is 2.33. The lowest BCUT2D eigenvalue weighted by molar-refractivity contribution is -0.379. The first-order chi connectivity index (χ1) is 51.3. The maximum Gasteiger partial charge on any atom is 0.220 e. The molecule has 1 amide bonds. The summed E-state index contributed by atoms with van der Waals surface area (Å²) in [5.41, 5.74) is 0. The molecule has 19 heteroatoms. The van der Waals surface area contributed by atoms with Crippen molar-refractivity contribution in [2.75, 3.05) is 26.4 Å². The van der Waals surface area contributed by atoms with Gasteiger partial charge in [0.15, 0.2) is 18.9 Å². The number of carbonyl (C=O) groups excluding carboxylic acids is 1. The molecule has 17 atom stereocenters. The van der Waals surface area contributed by atoms with Crippen LogP contribution in [-0.4, -0.2) is 193 Å². The van der Waals surface area contributed by atoms with Gasteiger partial charge >= 0.3 is 0 Å². The second-order valence-electron chi connectivity index (χ2n) is 28.5. The minimum atomic E-state index is -1.99. The standard InChI is InChI=1S/C86H145NO18/c1-3-5-7-9-11-13-15-17-19-21-23-25-27-29-30-31-32-33-34-35-36-37-38-40-42-44-46-48-50-52-54-56-58-60-62-64-74(92)87-69(70(91)63-61-59-57-55-53-51-49-47-45-43-41-39-28-26-24-22-20-18-16-14-12-10-8-6-4-2)68-100-84-80(98)77(95)82(72(66-89)102-84)105-86-81(99)78(96)83(73(67-90)103-86)104-85-79(97)76(94)75(93)71(65-88)101-85/h5,7,11,13,17,19,23,25,29-30,32-33,35-36,38,40,44,46,53,55,61,63,69-73,75-86,88-91,93-99H,3-4,6,8-10,12,14-16,18,20-22,24,26-28,31,34,37,39,41-43,45,47-52,54,56-60,62,64-68H2,1-2H3,(H,87,92)/b7-5-,13-11-,19-17-,25-23-,30-29-,33-32-,36-35-,40-38-,46-44-,55-53+,63-61+. The third-order valence-corrected chi connectivity index (χ3v) is 19.4. The van der Waals surface area contributed by atoms with Gasteiger partial charge in [-0.25, -0.2) is 0 Å². The van der Waals surface area contributed by atoms with Crippen molar-refractivity contribution in [2.45, 2.75) is 375 Å². The van der Waals surface area contributed by atoms with Crippen LogP contribution in [0.1, 0.15) is 271 Å². The van der Waals surface area contributed by atoms with Crippen LogP contribution in [0.3, 0.4) is 0 Å². The van der Waals surface area contributed by atoms with Gasteiger partial charge in [0, 0.05) is 6.42 Å². The van der Waals surface area contributed by atoms with Crippen LogP contribution in [0.5, 0.6) is 0 Å². The third kappa shape index (κ3) is 44.4. The van der Waals surface area contributed by atoms with Gasteiger partial charge in [0.25, 0.3) is 0 Å². The van der Waals surface area contributed by atoms with Gasteiger partial charge in [0.1, 0.15) is 73.2 Å². The van der Waals surface area contributed by atoms with E-state index in [9.17, 15) is 61.0 Å². The minimum Gasteiger partial charge on any atom is -0.394 e. The van der Waals surface area contributed by atoms with Gasteiger partial charge in [0.05, 0.1) is 38.6 Å². The number of hydrogen-bond donors (Lipinski definition) is 12. The fraction of sp³-hybridized carbons (Fsp3) is 0.733. The Bertz CT molecular complexity index is 2420. The summed E-state index contributed by atoms with van der Waals surface area (Å²) >= 11 is 0. The number of nitrogens with one attached hydrogen (secondary N) is 1. The number of hydrogen-bond acceptors (Lipinski definition) is 18. The Labute approximate surface area is 632 Å². The summed E-state index contributed by atoms with van der Waals surface area (Å²) in [6, 6.07) is -1.01. The Morgan fingerprint density at radius 3 is 1.07 bits per heavy atom. The molecule has 12 N–H and O–H groups in total. The smallest absolute Gasteiger partial charge is 0.220 e. The predicted octanol–water partition coefficient (Wildman–Crippen LogP) is 14.1. The molecule has 0 aromatic rings. The average molecular weight is 1480 g/mol. The molecular weight excluding hydrogens is 1330 g/mol. The van der Waals surface area contributed by atoms with E-state index in [0.717, 1.165) is 122 Å². The van der Waals surface area contributed by atoms with Crippen LogP contribution >= 0.6 is 0 Å². The molecule has 3 saturated heterocycles. The minimum absolute atomic E-state index is 0.214. The molecule has 3 fully saturated rings. The predicted molar refractivity (Wildman–Crippen MR) is 419 cm³/mol. The fourth-order valence-electron chi connectivity index (χ4n) is 12.9. The topological polar surface area (TPSA) is 307 Å². The molecule has 0 radical (unpaired) electrons. The van der Waals surface area contributed by atoms with Crippen molar-refractivity contribution >= 4 is 5.91 Å². The van der Waals surface area contributed by atoms with E-state index in [4.69, 9.17) is 28.4 Å². The molecule has 0 aliphatic carbocycles. The molecule has 0 bridgehead atoms. The van der Waals surface area contributed by atoms with Gasteiger partial charge in [-0.2, -0.15) is 0 Å². The molecule has 3 heterocycles. The lowest BCUT2D eigenvalue weighted by Crippen LogP contribution is -2.66. The Hall–Kier alpha value is -4.07. The molecule has 3 aliphatic heterocycles. The van der Waals surface area contributed by atoms with Crippen LogP contribution in [0.15, 0.2) is 134 Å². The van der Waals surface area contributed by atoms with Crippen molar-refractivity contribution in [2.24, 2.45) is 0 Å². The molecule has 19 nitrogen and oxygen atoms in total. The molecule has 0 aromatic heterocycles. The first kappa shape index (κ1) is 95.1. The highest BCUT2D eigenvalue weighted by Gasteiger charge is 2.54. The molecule has 3 rings (SSSR count). The Balaban J connectivity index is 1.39. The number of rotatable bonds is 63. The van der Waals surface area contributed by atoms with E-state index in [0.29, 0.717) is 12.8 Å². The summed E-state index contributed by atoms with van der Waals surface area (Å²) in [7, 11) is 0. The molecule has 0 aromatic carbocycles. The molecule has 0 spiro atoms. The molecule has 17 unspecified atom stereocenters. The summed E-state index contributed by atoms with van der Waals surface area (Å²) in [6.07, 6.45) is 65.7. The zero-order valence-corrected chi connectivity index (χ0v) is 64.4. The number of aliphatic hydroxyl groups is 11. The molecule has 602 valence electrons. The number of aliphatic hydroxyl groups excluding tert-OH is 11. The summed E-state index contributed by atoms with van der Waals surface area (Å²) in [5.74, 6) is -0.300. The molecule has 105 heavy (non-hydrogen) atoms. The largest absolute Gasteiger partial charge is 0.394 e.